The number of nitrogens with two attached hydrogens (primary N) is 1. The van der Waals surface area contributed by atoms with Crippen molar-refractivity contribution in [2.24, 2.45) is 23.5 Å². The number of carbonyl (C=O) groups excluding carboxylic acids is 1. The molecule has 0 saturated heterocycles. The lowest BCUT2D eigenvalue weighted by Crippen LogP contribution is -2.21. The van der Waals surface area contributed by atoms with Gasteiger partial charge in [0.2, 0.25) is 5.91 Å². The fourth-order valence-electron chi connectivity index (χ4n) is 2.96. The van der Waals surface area contributed by atoms with Gasteiger partial charge in [-0.25, -0.2) is 0 Å². The summed E-state index contributed by atoms with van der Waals surface area (Å²) >= 11 is 0. The molecule has 1 aromatic rings. The predicted molar refractivity (Wildman–Crippen MR) is 75.3 cm³/mol. The third-order valence-electron chi connectivity index (χ3n) is 4.10. The Morgan fingerprint density at radius 1 is 1.21 bits per heavy atom. The highest BCUT2D eigenvalue weighted by Crippen LogP contribution is 2.54. The van der Waals surface area contributed by atoms with Crippen LogP contribution in [0.4, 0.5) is 5.69 Å². The molecule has 3 rings (SSSR count). The Labute approximate surface area is 113 Å². The molecule has 2 fully saturated rings. The van der Waals surface area contributed by atoms with Crippen LogP contribution in [0.2, 0.25) is 0 Å². The van der Waals surface area contributed by atoms with Crippen molar-refractivity contribution in [3.05, 3.63) is 29.8 Å². The summed E-state index contributed by atoms with van der Waals surface area (Å²) in [6.45, 7) is 0.364. The van der Waals surface area contributed by atoms with E-state index in [9.17, 15) is 4.79 Å². The molecular formula is C16H18N2O. The molecule has 0 aliphatic heterocycles. The van der Waals surface area contributed by atoms with E-state index in [4.69, 9.17) is 5.73 Å². The number of benzene rings is 1. The Morgan fingerprint density at radius 3 is 2.53 bits per heavy atom. The highest BCUT2D eigenvalue weighted by Gasteiger charge is 2.47. The summed E-state index contributed by atoms with van der Waals surface area (Å²) in [4.78, 5) is 12.1. The molecule has 98 valence electrons. The van der Waals surface area contributed by atoms with Gasteiger partial charge in [0, 0.05) is 17.2 Å². The Balaban J connectivity index is 1.58. The molecule has 0 bridgehead atoms. The minimum Gasteiger partial charge on any atom is -0.326 e. The zero-order valence-electron chi connectivity index (χ0n) is 10.9. The van der Waals surface area contributed by atoms with Gasteiger partial charge in [0.1, 0.15) is 0 Å². The van der Waals surface area contributed by atoms with Crippen LogP contribution in [-0.4, -0.2) is 12.5 Å². The number of amides is 1. The van der Waals surface area contributed by atoms with E-state index in [0.29, 0.717) is 6.54 Å². The molecule has 19 heavy (non-hydrogen) atoms. The second kappa shape index (κ2) is 5.07. The number of hydrogen-bond donors (Lipinski definition) is 2. The van der Waals surface area contributed by atoms with Gasteiger partial charge in [-0.3, -0.25) is 4.79 Å². The predicted octanol–water partition coefficient (Wildman–Crippen LogP) is 1.98. The van der Waals surface area contributed by atoms with Crippen LogP contribution in [0.5, 0.6) is 0 Å². The van der Waals surface area contributed by atoms with E-state index in [1.54, 1.807) is 0 Å². The first-order valence-corrected chi connectivity index (χ1v) is 6.86. The summed E-state index contributed by atoms with van der Waals surface area (Å²) < 4.78 is 0. The summed E-state index contributed by atoms with van der Waals surface area (Å²) in [5.41, 5.74) is 7.10. The summed E-state index contributed by atoms with van der Waals surface area (Å²) in [7, 11) is 0. The molecule has 3 N–H and O–H groups in total. The molecule has 0 radical (unpaired) electrons. The summed E-state index contributed by atoms with van der Waals surface area (Å²) in [6, 6.07) is 7.61. The maximum Gasteiger partial charge on any atom is 0.227 e. The second-order valence-corrected chi connectivity index (χ2v) is 5.50. The highest BCUT2D eigenvalue weighted by atomic mass is 16.1. The third kappa shape index (κ3) is 2.80. The molecule has 2 unspecified atom stereocenters. The minimum absolute atomic E-state index is 0.174. The molecule has 2 atom stereocenters. The molecule has 0 spiro atoms. The number of rotatable bonds is 2. The average molecular weight is 254 g/mol. The van der Waals surface area contributed by atoms with Crippen LogP contribution in [0.15, 0.2) is 24.3 Å². The SMILES string of the molecule is NCC#Cc1ccc(NC(=O)C2CC3CC3C2)cc1. The van der Waals surface area contributed by atoms with Crippen LogP contribution in [0.1, 0.15) is 24.8 Å². The number of hydrogen-bond acceptors (Lipinski definition) is 2. The van der Waals surface area contributed by atoms with Crippen LogP contribution < -0.4 is 11.1 Å². The van der Waals surface area contributed by atoms with E-state index >= 15 is 0 Å². The maximum absolute atomic E-state index is 12.1. The maximum atomic E-state index is 12.1. The van der Waals surface area contributed by atoms with Gasteiger partial charge in [-0.05, 0) is 55.4 Å². The lowest BCUT2D eigenvalue weighted by atomic mass is 10.0. The Hall–Kier alpha value is -1.79. The van der Waals surface area contributed by atoms with Crippen molar-refractivity contribution < 1.29 is 4.79 Å². The highest BCUT2D eigenvalue weighted by molar-refractivity contribution is 5.92. The third-order valence-corrected chi connectivity index (χ3v) is 4.10. The molecular weight excluding hydrogens is 236 g/mol. The van der Waals surface area contributed by atoms with Crippen molar-refractivity contribution in [1.29, 1.82) is 0 Å². The van der Waals surface area contributed by atoms with Crippen LogP contribution >= 0.6 is 0 Å². The zero-order chi connectivity index (χ0) is 13.2. The summed E-state index contributed by atoms with van der Waals surface area (Å²) in [6.07, 6.45) is 3.51. The van der Waals surface area contributed by atoms with Gasteiger partial charge in [-0.2, -0.15) is 0 Å². The van der Waals surface area contributed by atoms with Crippen LogP contribution in [0.3, 0.4) is 0 Å². The molecule has 1 aromatic carbocycles. The fourth-order valence-corrected chi connectivity index (χ4v) is 2.96. The summed E-state index contributed by atoms with van der Waals surface area (Å²) in [5, 5.41) is 3.00. The monoisotopic (exact) mass is 254 g/mol. The molecule has 0 aromatic heterocycles. The van der Waals surface area contributed by atoms with E-state index in [1.807, 2.05) is 24.3 Å². The normalized spacial score (nSPS) is 27.1. The number of nitrogens with one attached hydrogen (secondary N) is 1. The van der Waals surface area contributed by atoms with Gasteiger partial charge >= 0.3 is 0 Å². The first-order chi connectivity index (χ1) is 9.26. The number of carbonyl (C=O) groups is 1. The van der Waals surface area contributed by atoms with Crippen molar-refractivity contribution in [3.63, 3.8) is 0 Å². The van der Waals surface area contributed by atoms with E-state index in [0.717, 1.165) is 35.9 Å². The molecule has 2 saturated carbocycles. The zero-order valence-corrected chi connectivity index (χ0v) is 10.9. The van der Waals surface area contributed by atoms with Gasteiger partial charge in [0.05, 0.1) is 6.54 Å². The largest absolute Gasteiger partial charge is 0.326 e. The van der Waals surface area contributed by atoms with E-state index in [2.05, 4.69) is 17.2 Å². The molecule has 2 aliphatic rings. The Kier molecular flexibility index (Phi) is 3.27. The lowest BCUT2D eigenvalue weighted by molar-refractivity contribution is -0.120. The van der Waals surface area contributed by atoms with Crippen LogP contribution in [-0.2, 0) is 4.79 Å². The van der Waals surface area contributed by atoms with Gasteiger partial charge in [0.25, 0.3) is 0 Å². The minimum atomic E-state index is 0.174. The van der Waals surface area contributed by atoms with Crippen molar-refractivity contribution >= 4 is 11.6 Å². The smallest absolute Gasteiger partial charge is 0.227 e. The van der Waals surface area contributed by atoms with Crippen LogP contribution in [0, 0.1) is 29.6 Å². The molecule has 1 amide bonds. The lowest BCUT2D eigenvalue weighted by Gasteiger charge is -2.12. The Morgan fingerprint density at radius 2 is 1.89 bits per heavy atom. The van der Waals surface area contributed by atoms with Crippen molar-refractivity contribution in [1.82, 2.24) is 0 Å². The first-order valence-electron chi connectivity index (χ1n) is 6.86. The topological polar surface area (TPSA) is 55.1 Å². The number of anilines is 1. The average Bonchev–Trinajstić information content (AvgIpc) is 3.04. The Bertz CT molecular complexity index is 528. The molecule has 0 heterocycles. The van der Waals surface area contributed by atoms with Gasteiger partial charge in [-0.1, -0.05) is 11.8 Å². The number of fused-ring (bicyclic) bond motifs is 1. The summed E-state index contributed by atoms with van der Waals surface area (Å²) in [5.74, 6) is 7.85. The second-order valence-electron chi connectivity index (χ2n) is 5.50. The quantitative estimate of drug-likeness (QED) is 0.793. The molecule has 3 heteroatoms. The van der Waals surface area contributed by atoms with Gasteiger partial charge in [-0.15, -0.1) is 0 Å². The van der Waals surface area contributed by atoms with Crippen molar-refractivity contribution in [2.45, 2.75) is 19.3 Å². The van der Waals surface area contributed by atoms with E-state index in [1.165, 1.54) is 6.42 Å². The fraction of sp³-hybridized carbons (Fsp3) is 0.438. The van der Waals surface area contributed by atoms with Crippen LogP contribution in [0.25, 0.3) is 0 Å². The van der Waals surface area contributed by atoms with E-state index < -0.39 is 0 Å². The standard InChI is InChI=1S/C16H18N2O/c17-7-1-2-11-3-5-15(6-4-11)18-16(19)14-9-12-8-13(12)10-14/h3-6,12-14H,7-10,17H2,(H,18,19). The first kappa shape index (κ1) is 12.3. The van der Waals surface area contributed by atoms with Gasteiger partial charge in [0.15, 0.2) is 0 Å². The molecule has 2 aliphatic carbocycles. The van der Waals surface area contributed by atoms with Crippen molar-refractivity contribution in [3.8, 4) is 11.8 Å². The van der Waals surface area contributed by atoms with Crippen molar-refractivity contribution in [2.75, 3.05) is 11.9 Å². The van der Waals surface area contributed by atoms with E-state index in [-0.39, 0.29) is 11.8 Å². The molecule has 3 nitrogen and oxygen atoms in total. The van der Waals surface area contributed by atoms with Gasteiger partial charge < -0.3 is 11.1 Å².